The predicted octanol–water partition coefficient (Wildman–Crippen LogP) is 4.80. The lowest BCUT2D eigenvalue weighted by Crippen LogP contribution is -2.61. The van der Waals surface area contributed by atoms with Gasteiger partial charge in [0.2, 0.25) is 0 Å². The Labute approximate surface area is 140 Å². The van der Waals surface area contributed by atoms with Gasteiger partial charge in [0.25, 0.3) is 0 Å². The number of hydrogen-bond acceptors (Lipinski definition) is 2. The van der Waals surface area contributed by atoms with Crippen molar-refractivity contribution in [2.45, 2.75) is 79.1 Å². The lowest BCUT2D eigenvalue weighted by atomic mass is 9.41. The minimum absolute atomic E-state index is 0.0386. The van der Waals surface area contributed by atoms with Crippen LogP contribution in [0.5, 0.6) is 0 Å². The summed E-state index contributed by atoms with van der Waals surface area (Å²) in [5.41, 5.74) is 0.0947. The summed E-state index contributed by atoms with van der Waals surface area (Å²) in [5, 5.41) is 0. The molecule has 0 aromatic carbocycles. The predicted molar refractivity (Wildman–Crippen MR) is 90.9 cm³/mol. The Kier molecular flexibility index (Phi) is 3.24. The third-order valence-electron chi connectivity index (χ3n) is 8.81. The Morgan fingerprint density at radius 2 is 1.65 bits per heavy atom. The maximum Gasteiger partial charge on any atom is 0.139 e. The van der Waals surface area contributed by atoms with Crippen molar-refractivity contribution in [2.24, 2.45) is 39.9 Å². The van der Waals surface area contributed by atoms with Crippen LogP contribution >= 0.6 is 0 Å². The summed E-state index contributed by atoms with van der Waals surface area (Å²) in [6, 6.07) is 0. The molecule has 128 valence electrons. The zero-order valence-corrected chi connectivity index (χ0v) is 15.3. The number of ketones is 2. The van der Waals surface area contributed by atoms with Gasteiger partial charge in [0.1, 0.15) is 11.6 Å². The van der Waals surface area contributed by atoms with E-state index in [4.69, 9.17) is 0 Å². The molecule has 0 heterocycles. The smallest absolute Gasteiger partial charge is 0.139 e. The zero-order valence-electron chi connectivity index (χ0n) is 15.3. The highest BCUT2D eigenvalue weighted by Crippen LogP contribution is 2.67. The largest absolute Gasteiger partial charge is 0.299 e. The summed E-state index contributed by atoms with van der Waals surface area (Å²) in [4.78, 5) is 25.7. The molecule has 2 nitrogen and oxygen atoms in total. The summed E-state index contributed by atoms with van der Waals surface area (Å²) in [5.74, 6) is 2.69. The molecule has 0 unspecified atom stereocenters. The van der Waals surface area contributed by atoms with Crippen LogP contribution in [0.3, 0.4) is 0 Å². The van der Waals surface area contributed by atoms with E-state index in [-0.39, 0.29) is 11.3 Å². The molecular formula is C21H32O2. The molecule has 4 fully saturated rings. The molecule has 0 N–H and O–H groups in total. The van der Waals surface area contributed by atoms with Gasteiger partial charge in [0.15, 0.2) is 0 Å². The molecule has 6 atom stereocenters. The van der Waals surface area contributed by atoms with E-state index in [0.29, 0.717) is 35.2 Å². The monoisotopic (exact) mass is 316 g/mol. The molecule has 4 aliphatic carbocycles. The first-order valence-corrected chi connectivity index (χ1v) is 9.76. The van der Waals surface area contributed by atoms with E-state index >= 15 is 0 Å². The van der Waals surface area contributed by atoms with Crippen LogP contribution in [0.2, 0.25) is 0 Å². The molecule has 0 amide bonds. The highest BCUT2D eigenvalue weighted by atomic mass is 16.1. The van der Waals surface area contributed by atoms with Crippen LogP contribution in [0.1, 0.15) is 79.1 Å². The van der Waals surface area contributed by atoms with Gasteiger partial charge in [-0.2, -0.15) is 0 Å². The summed E-state index contributed by atoms with van der Waals surface area (Å²) < 4.78 is 0. The summed E-state index contributed by atoms with van der Waals surface area (Å²) >= 11 is 0. The van der Waals surface area contributed by atoms with E-state index in [1.54, 1.807) is 0 Å². The average Bonchev–Trinajstić information content (AvgIpc) is 2.85. The molecule has 23 heavy (non-hydrogen) atoms. The van der Waals surface area contributed by atoms with E-state index in [9.17, 15) is 9.59 Å². The van der Waals surface area contributed by atoms with Crippen LogP contribution in [0.15, 0.2) is 0 Å². The van der Waals surface area contributed by atoms with Gasteiger partial charge in [-0.1, -0.05) is 34.1 Å². The van der Waals surface area contributed by atoms with Crippen LogP contribution in [0.25, 0.3) is 0 Å². The summed E-state index contributed by atoms with van der Waals surface area (Å²) in [6.45, 7) is 8.92. The number of fused-ring (bicyclic) bond motifs is 5. The average molecular weight is 316 g/mol. The van der Waals surface area contributed by atoms with Crippen molar-refractivity contribution in [3.8, 4) is 0 Å². The fourth-order valence-corrected chi connectivity index (χ4v) is 7.74. The summed E-state index contributed by atoms with van der Waals surface area (Å²) in [6.07, 6.45) is 9.03. The molecule has 4 aliphatic rings. The lowest BCUT2D eigenvalue weighted by Gasteiger charge is -2.61. The molecule has 0 aromatic rings. The number of Topliss-reactive ketones (excluding diaryl/α,β-unsaturated/α-hetero) is 2. The Balaban J connectivity index is 1.75. The minimum Gasteiger partial charge on any atom is -0.299 e. The number of carbonyl (C=O) groups is 2. The number of hydrogen-bond donors (Lipinski definition) is 0. The van der Waals surface area contributed by atoms with Gasteiger partial charge in [-0.05, 0) is 60.7 Å². The Morgan fingerprint density at radius 1 is 0.913 bits per heavy atom. The van der Waals surface area contributed by atoms with Crippen molar-refractivity contribution in [3.63, 3.8) is 0 Å². The van der Waals surface area contributed by atoms with Crippen LogP contribution in [-0.4, -0.2) is 11.6 Å². The molecular weight excluding hydrogens is 284 g/mol. The van der Waals surface area contributed by atoms with Crippen molar-refractivity contribution < 1.29 is 9.59 Å². The molecule has 0 aromatic heterocycles. The Morgan fingerprint density at radius 3 is 2.39 bits per heavy atom. The Bertz CT molecular complexity index is 562. The van der Waals surface area contributed by atoms with Crippen molar-refractivity contribution >= 4 is 11.6 Å². The first-order chi connectivity index (χ1) is 10.7. The molecule has 0 aliphatic heterocycles. The van der Waals surface area contributed by atoms with Gasteiger partial charge in [-0.3, -0.25) is 9.59 Å². The fraction of sp³-hybridized carbons (Fsp3) is 0.905. The standard InChI is InChI=1S/C21H32O2/c1-19(2)17(23)8-11-21(4)15-7-10-20(3)9-5-6-14(20)13(15)12-16(22)18(19)21/h13-15,18H,5-12H2,1-4H3/t13-,14+,15-,18-,20+,21-/m0/s1. The van der Waals surface area contributed by atoms with Gasteiger partial charge < -0.3 is 0 Å². The van der Waals surface area contributed by atoms with E-state index in [0.717, 1.165) is 18.8 Å². The van der Waals surface area contributed by atoms with E-state index in [1.807, 2.05) is 13.8 Å². The zero-order chi connectivity index (χ0) is 16.6. The molecule has 0 radical (unpaired) electrons. The highest BCUT2D eigenvalue weighted by Gasteiger charge is 2.64. The summed E-state index contributed by atoms with van der Waals surface area (Å²) in [7, 11) is 0. The van der Waals surface area contributed by atoms with Crippen molar-refractivity contribution in [1.29, 1.82) is 0 Å². The fourth-order valence-electron chi connectivity index (χ4n) is 7.74. The SMILES string of the molecule is CC1(C)C(=O)CC[C@@]2(C)[C@H]3CC[C@@]4(C)CCC[C@@H]4[C@@H]3CC(=O)[C@@H]12. The first kappa shape index (κ1) is 15.8. The van der Waals surface area contributed by atoms with Gasteiger partial charge in [-0.25, -0.2) is 0 Å². The molecule has 4 saturated carbocycles. The van der Waals surface area contributed by atoms with Gasteiger partial charge >= 0.3 is 0 Å². The van der Waals surface area contributed by atoms with Gasteiger partial charge in [-0.15, -0.1) is 0 Å². The lowest BCUT2D eigenvalue weighted by molar-refractivity contribution is -0.173. The molecule has 0 saturated heterocycles. The third-order valence-corrected chi connectivity index (χ3v) is 8.81. The molecule has 0 spiro atoms. The second-order valence-electron chi connectivity index (χ2n) is 10.2. The maximum absolute atomic E-state index is 13.2. The molecule has 0 bridgehead atoms. The van der Waals surface area contributed by atoms with Gasteiger partial charge in [0, 0.05) is 24.2 Å². The van der Waals surface area contributed by atoms with Crippen LogP contribution in [0.4, 0.5) is 0 Å². The Hall–Kier alpha value is -0.660. The first-order valence-electron chi connectivity index (χ1n) is 9.76. The number of rotatable bonds is 0. The minimum atomic E-state index is -0.453. The van der Waals surface area contributed by atoms with Crippen LogP contribution in [-0.2, 0) is 9.59 Å². The van der Waals surface area contributed by atoms with E-state index in [2.05, 4.69) is 13.8 Å². The van der Waals surface area contributed by atoms with E-state index < -0.39 is 5.41 Å². The van der Waals surface area contributed by atoms with Crippen molar-refractivity contribution in [3.05, 3.63) is 0 Å². The molecule has 2 heteroatoms. The second kappa shape index (κ2) is 4.70. The topological polar surface area (TPSA) is 34.1 Å². The second-order valence-corrected chi connectivity index (χ2v) is 10.2. The quantitative estimate of drug-likeness (QED) is 0.643. The highest BCUT2D eigenvalue weighted by molar-refractivity contribution is 5.94. The normalized spacial score (nSPS) is 51.8. The van der Waals surface area contributed by atoms with Crippen LogP contribution in [0, 0.1) is 39.9 Å². The van der Waals surface area contributed by atoms with Crippen LogP contribution < -0.4 is 0 Å². The van der Waals surface area contributed by atoms with Crippen molar-refractivity contribution in [2.75, 3.05) is 0 Å². The van der Waals surface area contributed by atoms with Gasteiger partial charge in [0.05, 0.1) is 0 Å². The maximum atomic E-state index is 13.2. The molecule has 4 rings (SSSR count). The number of carbonyl (C=O) groups excluding carboxylic acids is 2. The third kappa shape index (κ3) is 1.93. The van der Waals surface area contributed by atoms with E-state index in [1.165, 1.54) is 32.1 Å². The van der Waals surface area contributed by atoms with Crippen molar-refractivity contribution in [1.82, 2.24) is 0 Å².